The highest BCUT2D eigenvalue weighted by molar-refractivity contribution is 5.93. The molecule has 0 saturated carbocycles. The van der Waals surface area contributed by atoms with Crippen molar-refractivity contribution in [3.8, 4) is 6.07 Å². The summed E-state index contributed by atoms with van der Waals surface area (Å²) < 4.78 is 0. The molecule has 0 heterocycles. The molecule has 0 N–H and O–H groups in total. The summed E-state index contributed by atoms with van der Waals surface area (Å²) in [6.45, 7) is 5.20. The van der Waals surface area contributed by atoms with Crippen LogP contribution < -0.4 is 0 Å². The van der Waals surface area contributed by atoms with E-state index in [9.17, 15) is 4.79 Å². The molecule has 0 aromatic rings. The lowest BCUT2D eigenvalue weighted by atomic mass is 10.1. The lowest BCUT2D eigenvalue weighted by Gasteiger charge is -1.96. The first-order chi connectivity index (χ1) is 4.70. The molecular formula is C8H9NO. The molecule has 1 unspecified atom stereocenters. The molecule has 0 aliphatic heterocycles. The van der Waals surface area contributed by atoms with Crippen molar-refractivity contribution < 1.29 is 4.79 Å². The number of hydrogen-bond donors (Lipinski definition) is 0. The molecule has 0 aromatic carbocycles. The van der Waals surface area contributed by atoms with Crippen LogP contribution in [0.4, 0.5) is 0 Å². The van der Waals surface area contributed by atoms with E-state index >= 15 is 0 Å². The molecule has 0 amide bonds. The summed E-state index contributed by atoms with van der Waals surface area (Å²) in [5.41, 5.74) is 2.56. The second-order valence-corrected chi connectivity index (χ2v) is 2.09. The maximum Gasteiger partial charge on any atom is 0.232 e. The average Bonchev–Trinajstić information content (AvgIpc) is 1.88. The highest BCUT2D eigenvalue weighted by atomic mass is 16.1. The molecule has 10 heavy (non-hydrogen) atoms. The van der Waals surface area contributed by atoms with E-state index in [4.69, 9.17) is 5.26 Å². The van der Waals surface area contributed by atoms with Gasteiger partial charge in [-0.05, 0) is 12.0 Å². The van der Waals surface area contributed by atoms with Gasteiger partial charge in [-0.3, -0.25) is 4.79 Å². The Balaban J connectivity index is 3.81. The molecule has 2 heteroatoms. The maximum absolute atomic E-state index is 10.5. The first-order valence-electron chi connectivity index (χ1n) is 2.99. The van der Waals surface area contributed by atoms with Crippen molar-refractivity contribution in [2.45, 2.75) is 13.3 Å². The van der Waals surface area contributed by atoms with Gasteiger partial charge in [0, 0.05) is 6.42 Å². The van der Waals surface area contributed by atoms with Crippen LogP contribution in [0.15, 0.2) is 18.4 Å². The van der Waals surface area contributed by atoms with Gasteiger partial charge in [0.25, 0.3) is 0 Å². The Morgan fingerprint density at radius 2 is 2.50 bits per heavy atom. The largest absolute Gasteiger partial charge is 0.283 e. The molecule has 0 aliphatic carbocycles. The lowest BCUT2D eigenvalue weighted by Crippen LogP contribution is -1.99. The van der Waals surface area contributed by atoms with Gasteiger partial charge in [0.05, 0.1) is 0 Å². The van der Waals surface area contributed by atoms with Crippen LogP contribution in [0.3, 0.4) is 0 Å². The molecule has 0 rings (SSSR count). The van der Waals surface area contributed by atoms with Crippen molar-refractivity contribution >= 4 is 5.78 Å². The standard InChI is InChI=1S/C8H9NO/c1-3-4-7(2)5-8(10)6-9/h4,7H,1,5H2,2H3. The summed E-state index contributed by atoms with van der Waals surface area (Å²) in [5, 5.41) is 8.10. The molecule has 0 spiro atoms. The number of rotatable bonds is 3. The van der Waals surface area contributed by atoms with Crippen LogP contribution in [0, 0.1) is 17.2 Å². The van der Waals surface area contributed by atoms with Gasteiger partial charge in [-0.15, -0.1) is 5.73 Å². The number of Topliss-reactive ketones (excluding diaryl/α,β-unsaturated/α-hetero) is 1. The minimum Gasteiger partial charge on any atom is -0.283 e. The van der Waals surface area contributed by atoms with Gasteiger partial charge in [0.2, 0.25) is 5.78 Å². The van der Waals surface area contributed by atoms with E-state index < -0.39 is 0 Å². The average molecular weight is 135 g/mol. The maximum atomic E-state index is 10.5. The lowest BCUT2D eigenvalue weighted by molar-refractivity contribution is -0.114. The van der Waals surface area contributed by atoms with Crippen LogP contribution in [0.25, 0.3) is 0 Å². The number of nitrogens with zero attached hydrogens (tertiary/aromatic N) is 1. The molecular weight excluding hydrogens is 126 g/mol. The van der Waals surface area contributed by atoms with E-state index in [0.29, 0.717) is 0 Å². The zero-order chi connectivity index (χ0) is 7.98. The van der Waals surface area contributed by atoms with E-state index in [1.54, 1.807) is 12.1 Å². The Kier molecular flexibility index (Phi) is 3.95. The van der Waals surface area contributed by atoms with E-state index in [1.807, 2.05) is 6.92 Å². The number of carbonyl (C=O) groups excluding carboxylic acids is 1. The number of carbonyl (C=O) groups is 1. The predicted octanol–water partition coefficient (Wildman–Crippen LogP) is 1.45. The minimum absolute atomic E-state index is 0.0737. The Morgan fingerprint density at radius 1 is 1.90 bits per heavy atom. The van der Waals surface area contributed by atoms with Gasteiger partial charge in [0.15, 0.2) is 0 Å². The van der Waals surface area contributed by atoms with Crippen LogP contribution in [-0.4, -0.2) is 5.78 Å². The third kappa shape index (κ3) is 3.65. The van der Waals surface area contributed by atoms with Crippen molar-refractivity contribution in [1.82, 2.24) is 0 Å². The van der Waals surface area contributed by atoms with Crippen molar-refractivity contribution in [2.75, 3.05) is 0 Å². The van der Waals surface area contributed by atoms with Crippen LogP contribution in [0.2, 0.25) is 0 Å². The number of hydrogen-bond acceptors (Lipinski definition) is 2. The number of nitriles is 1. The highest BCUT2D eigenvalue weighted by Crippen LogP contribution is 2.02. The molecule has 0 saturated heterocycles. The second kappa shape index (κ2) is 4.55. The number of allylic oxidation sites excluding steroid dienone is 1. The third-order valence-electron chi connectivity index (χ3n) is 1.03. The third-order valence-corrected chi connectivity index (χ3v) is 1.03. The summed E-state index contributed by atoms with van der Waals surface area (Å²) in [7, 11) is 0. The first kappa shape index (κ1) is 8.68. The molecule has 0 fully saturated rings. The molecule has 2 nitrogen and oxygen atoms in total. The topological polar surface area (TPSA) is 40.9 Å². The van der Waals surface area contributed by atoms with Crippen LogP contribution in [-0.2, 0) is 4.79 Å². The summed E-state index contributed by atoms with van der Waals surface area (Å²) in [6, 6.07) is 1.55. The fourth-order valence-corrected chi connectivity index (χ4v) is 0.598. The van der Waals surface area contributed by atoms with Crippen LogP contribution in [0.1, 0.15) is 13.3 Å². The van der Waals surface area contributed by atoms with Crippen LogP contribution >= 0.6 is 0 Å². The fraction of sp³-hybridized carbons (Fsp3) is 0.375. The van der Waals surface area contributed by atoms with Gasteiger partial charge in [-0.2, -0.15) is 5.26 Å². The van der Waals surface area contributed by atoms with E-state index in [0.717, 1.165) is 0 Å². The van der Waals surface area contributed by atoms with Gasteiger partial charge in [-0.25, -0.2) is 0 Å². The Hall–Kier alpha value is -1.32. The molecule has 0 bridgehead atoms. The zero-order valence-corrected chi connectivity index (χ0v) is 5.92. The van der Waals surface area contributed by atoms with E-state index in [2.05, 4.69) is 12.3 Å². The van der Waals surface area contributed by atoms with Crippen LogP contribution in [0.5, 0.6) is 0 Å². The summed E-state index contributed by atoms with van der Waals surface area (Å²) in [6.07, 6.45) is 1.94. The summed E-state index contributed by atoms with van der Waals surface area (Å²) in [4.78, 5) is 10.5. The smallest absolute Gasteiger partial charge is 0.232 e. The molecule has 52 valence electrons. The van der Waals surface area contributed by atoms with Crippen molar-refractivity contribution in [1.29, 1.82) is 5.26 Å². The highest BCUT2D eigenvalue weighted by Gasteiger charge is 2.03. The van der Waals surface area contributed by atoms with Crippen molar-refractivity contribution in [3.05, 3.63) is 18.4 Å². The van der Waals surface area contributed by atoms with Gasteiger partial charge < -0.3 is 0 Å². The van der Waals surface area contributed by atoms with Gasteiger partial charge >= 0.3 is 0 Å². The van der Waals surface area contributed by atoms with E-state index in [1.165, 1.54) is 0 Å². The van der Waals surface area contributed by atoms with Gasteiger partial charge in [-0.1, -0.05) is 13.5 Å². The Bertz CT molecular complexity index is 206. The molecule has 1 atom stereocenters. The Labute approximate surface area is 60.5 Å². The second-order valence-electron chi connectivity index (χ2n) is 2.09. The molecule has 0 radical (unpaired) electrons. The van der Waals surface area contributed by atoms with Gasteiger partial charge in [0.1, 0.15) is 6.07 Å². The summed E-state index contributed by atoms with van der Waals surface area (Å²) >= 11 is 0. The zero-order valence-electron chi connectivity index (χ0n) is 5.92. The van der Waals surface area contributed by atoms with Crippen molar-refractivity contribution in [3.63, 3.8) is 0 Å². The number of ketones is 1. The Morgan fingerprint density at radius 3 is 2.90 bits per heavy atom. The predicted molar refractivity (Wildman–Crippen MR) is 38.1 cm³/mol. The van der Waals surface area contributed by atoms with Crippen molar-refractivity contribution in [2.24, 2.45) is 5.92 Å². The normalized spacial score (nSPS) is 10.8. The fourth-order valence-electron chi connectivity index (χ4n) is 0.598. The molecule has 0 aliphatic rings. The van der Waals surface area contributed by atoms with E-state index in [-0.39, 0.29) is 18.1 Å². The summed E-state index contributed by atoms with van der Waals surface area (Å²) in [5.74, 6) is -0.316. The monoisotopic (exact) mass is 135 g/mol. The minimum atomic E-state index is -0.390. The SMILES string of the molecule is C=C=CC(C)CC(=O)C#N. The molecule has 0 aromatic heterocycles. The first-order valence-corrected chi connectivity index (χ1v) is 2.99. The quantitative estimate of drug-likeness (QED) is 0.434.